The van der Waals surface area contributed by atoms with E-state index in [9.17, 15) is 14.9 Å². The van der Waals surface area contributed by atoms with Gasteiger partial charge >= 0.3 is 0 Å². The summed E-state index contributed by atoms with van der Waals surface area (Å²) in [5, 5.41) is 13.7. The maximum absolute atomic E-state index is 12.9. The number of nitriles is 1. The number of hydrogen-bond donors (Lipinski definition) is 3. The van der Waals surface area contributed by atoms with Gasteiger partial charge in [-0.15, -0.1) is 0 Å². The quantitative estimate of drug-likeness (QED) is 0.250. The van der Waals surface area contributed by atoms with Crippen molar-refractivity contribution in [3.8, 4) is 6.07 Å². The summed E-state index contributed by atoms with van der Waals surface area (Å²) in [5.74, 6) is 0.652. The van der Waals surface area contributed by atoms with E-state index in [0.717, 1.165) is 38.8 Å². The second kappa shape index (κ2) is 10.6. The minimum Gasteiger partial charge on any atom is -0.361 e. The molecule has 7 heteroatoms. The molecule has 1 saturated heterocycles. The number of aromatic amines is 2. The number of benzene rings is 2. The first kappa shape index (κ1) is 26.7. The summed E-state index contributed by atoms with van der Waals surface area (Å²) in [6.45, 7) is 4.29. The zero-order valence-electron chi connectivity index (χ0n) is 24.1. The topological polar surface area (TPSA) is 105 Å². The number of likely N-dealkylation sites (tertiary alicyclic amines) is 1. The molecule has 3 heterocycles. The second-order valence-corrected chi connectivity index (χ2v) is 12.8. The predicted octanol–water partition coefficient (Wildman–Crippen LogP) is 6.23. The van der Waals surface area contributed by atoms with Gasteiger partial charge in [-0.2, -0.15) is 5.26 Å². The van der Waals surface area contributed by atoms with Crippen molar-refractivity contribution in [3.05, 3.63) is 105 Å². The summed E-state index contributed by atoms with van der Waals surface area (Å²) in [4.78, 5) is 33.7. The van der Waals surface area contributed by atoms with Gasteiger partial charge in [0.1, 0.15) is 0 Å². The summed E-state index contributed by atoms with van der Waals surface area (Å²) in [7, 11) is 0. The van der Waals surface area contributed by atoms with Crippen molar-refractivity contribution in [2.75, 3.05) is 6.54 Å². The smallest absolute Gasteiger partial charge is 0.252 e. The molecule has 1 spiro atoms. The van der Waals surface area contributed by atoms with Crippen molar-refractivity contribution in [2.45, 2.75) is 70.5 Å². The van der Waals surface area contributed by atoms with Crippen LogP contribution in [-0.2, 0) is 13.1 Å². The molecule has 7 nitrogen and oxygen atoms in total. The van der Waals surface area contributed by atoms with Gasteiger partial charge in [0, 0.05) is 59.5 Å². The summed E-state index contributed by atoms with van der Waals surface area (Å²) < 4.78 is 0. The second-order valence-electron chi connectivity index (χ2n) is 12.8. The predicted molar refractivity (Wildman–Crippen MR) is 163 cm³/mol. The molecule has 0 bridgehead atoms. The van der Waals surface area contributed by atoms with Crippen LogP contribution in [-0.4, -0.2) is 27.3 Å². The van der Waals surface area contributed by atoms with Gasteiger partial charge in [0.15, 0.2) is 0 Å². The minimum absolute atomic E-state index is 0.179. The van der Waals surface area contributed by atoms with Gasteiger partial charge in [0.05, 0.1) is 6.07 Å². The van der Waals surface area contributed by atoms with Gasteiger partial charge < -0.3 is 15.3 Å². The molecule has 1 amide bonds. The molecule has 2 aromatic heterocycles. The molecule has 42 heavy (non-hydrogen) atoms. The fraction of sp³-hybridized carbons (Fsp3) is 0.400. The summed E-state index contributed by atoms with van der Waals surface area (Å²) in [5.41, 5.74) is 7.89. The molecular formula is C35H37N5O2. The first-order valence-corrected chi connectivity index (χ1v) is 15.2. The van der Waals surface area contributed by atoms with Crippen molar-refractivity contribution in [1.29, 1.82) is 5.26 Å². The largest absolute Gasteiger partial charge is 0.361 e. The molecule has 7 rings (SSSR count). The Bertz CT molecular complexity index is 1730. The number of carbonyl (C=O) groups is 1. The molecule has 0 radical (unpaired) electrons. The van der Waals surface area contributed by atoms with E-state index < -0.39 is 0 Å². The Balaban J connectivity index is 1.15. The number of hydrogen-bond acceptors (Lipinski definition) is 4. The minimum atomic E-state index is -0.193. The maximum Gasteiger partial charge on any atom is 0.252 e. The van der Waals surface area contributed by atoms with Crippen LogP contribution in [0.25, 0.3) is 10.9 Å². The molecule has 3 N–H and O–H groups in total. The summed E-state index contributed by atoms with van der Waals surface area (Å²) in [6.07, 6.45) is 10.3. The molecule has 3 fully saturated rings. The third-order valence-corrected chi connectivity index (χ3v) is 10.00. The molecule has 1 aliphatic heterocycles. The first-order chi connectivity index (χ1) is 20.4. The van der Waals surface area contributed by atoms with E-state index in [0.29, 0.717) is 17.0 Å². The average Bonchev–Trinajstić information content (AvgIpc) is 3.72. The average molecular weight is 560 g/mol. The standard InChI is InChI=1S/C35H37N5O2/c1-22-15-29(24-4-5-24)30(28-10-13-37-32(22)28)21-40-14-11-35(16-23(17-35)19-36)18-31(40)25-6-8-26(9-7-25)33(41)39-20-27-3-2-12-38-34(27)42/h2-3,6-10,12-13,15,23-24,31,37H,4-5,11,14,16-18,20-21H2,1H3,(H,38,42)(H,39,41)/t23?,31-,35?/m0/s1. The third-order valence-electron chi connectivity index (χ3n) is 10.00. The molecule has 214 valence electrons. The number of nitrogens with one attached hydrogen (secondary N) is 3. The number of H-pyrrole nitrogens is 2. The van der Waals surface area contributed by atoms with E-state index >= 15 is 0 Å². The van der Waals surface area contributed by atoms with E-state index in [1.807, 2.05) is 12.1 Å². The fourth-order valence-electron chi connectivity index (χ4n) is 7.51. The van der Waals surface area contributed by atoms with Crippen molar-refractivity contribution in [2.24, 2.45) is 11.3 Å². The Morgan fingerprint density at radius 3 is 2.64 bits per heavy atom. The SMILES string of the molecule is Cc1cc(C2CC2)c(CN2CCC3(CC(C#N)C3)C[C@H]2c2ccc(C(=O)NCc3ccc[nH]c3=O)cc2)c2cc[nH]c12. The molecule has 2 aromatic carbocycles. The Hall–Kier alpha value is -4.15. The molecule has 2 saturated carbocycles. The Morgan fingerprint density at radius 1 is 1.10 bits per heavy atom. The van der Waals surface area contributed by atoms with Gasteiger partial charge in [-0.25, -0.2) is 0 Å². The van der Waals surface area contributed by atoms with Crippen LogP contribution in [0.15, 0.2) is 65.7 Å². The van der Waals surface area contributed by atoms with Gasteiger partial charge in [0.2, 0.25) is 0 Å². The number of rotatable bonds is 7. The third kappa shape index (κ3) is 4.94. The van der Waals surface area contributed by atoms with E-state index in [1.54, 1.807) is 18.3 Å². The van der Waals surface area contributed by atoms with Gasteiger partial charge in [-0.1, -0.05) is 24.3 Å². The lowest BCUT2D eigenvalue weighted by Gasteiger charge is -2.53. The Labute approximate surface area is 246 Å². The highest BCUT2D eigenvalue weighted by Crippen LogP contribution is 2.57. The number of aromatic nitrogens is 2. The molecule has 0 unspecified atom stereocenters. The number of pyridine rings is 1. The maximum atomic E-state index is 12.9. The lowest BCUT2D eigenvalue weighted by molar-refractivity contribution is -0.0297. The van der Waals surface area contributed by atoms with Crippen molar-refractivity contribution in [3.63, 3.8) is 0 Å². The fourth-order valence-corrected chi connectivity index (χ4v) is 7.51. The van der Waals surface area contributed by atoms with Crippen LogP contribution in [0.5, 0.6) is 0 Å². The van der Waals surface area contributed by atoms with Crippen LogP contribution in [0.2, 0.25) is 0 Å². The lowest BCUT2D eigenvalue weighted by atomic mass is 9.56. The highest BCUT2D eigenvalue weighted by molar-refractivity contribution is 5.94. The van der Waals surface area contributed by atoms with E-state index in [2.05, 4.69) is 63.6 Å². The molecule has 2 aliphatic carbocycles. The molecule has 4 aromatic rings. The molecule has 1 atom stereocenters. The lowest BCUT2D eigenvalue weighted by Crippen LogP contribution is -2.48. The van der Waals surface area contributed by atoms with Crippen molar-refractivity contribution < 1.29 is 4.79 Å². The van der Waals surface area contributed by atoms with Crippen LogP contribution < -0.4 is 10.9 Å². The number of amides is 1. The zero-order chi connectivity index (χ0) is 28.8. The van der Waals surface area contributed by atoms with Crippen LogP contribution in [0, 0.1) is 29.6 Å². The monoisotopic (exact) mass is 559 g/mol. The van der Waals surface area contributed by atoms with Crippen molar-refractivity contribution in [1.82, 2.24) is 20.2 Å². The first-order valence-electron chi connectivity index (χ1n) is 15.2. The number of piperidine rings is 1. The zero-order valence-corrected chi connectivity index (χ0v) is 24.1. The van der Waals surface area contributed by atoms with E-state index in [-0.39, 0.29) is 35.4 Å². The number of fused-ring (bicyclic) bond motifs is 1. The number of nitrogens with zero attached hydrogens (tertiary/aromatic N) is 2. The van der Waals surface area contributed by atoms with Crippen LogP contribution in [0.1, 0.15) is 88.7 Å². The Kier molecular flexibility index (Phi) is 6.74. The summed E-state index contributed by atoms with van der Waals surface area (Å²) in [6, 6.07) is 18.9. The highest BCUT2D eigenvalue weighted by Gasteiger charge is 2.49. The summed E-state index contributed by atoms with van der Waals surface area (Å²) >= 11 is 0. The van der Waals surface area contributed by atoms with Crippen LogP contribution in [0.3, 0.4) is 0 Å². The number of aryl methyl sites for hydroxylation is 1. The van der Waals surface area contributed by atoms with E-state index in [1.165, 1.54) is 46.0 Å². The van der Waals surface area contributed by atoms with Crippen LogP contribution >= 0.6 is 0 Å². The van der Waals surface area contributed by atoms with Gasteiger partial charge in [-0.3, -0.25) is 14.5 Å². The van der Waals surface area contributed by atoms with E-state index in [4.69, 9.17) is 0 Å². The highest BCUT2D eigenvalue weighted by atomic mass is 16.1. The Morgan fingerprint density at radius 2 is 1.90 bits per heavy atom. The molecule has 3 aliphatic rings. The van der Waals surface area contributed by atoms with Crippen LogP contribution in [0.4, 0.5) is 0 Å². The number of carbonyl (C=O) groups excluding carboxylic acids is 1. The van der Waals surface area contributed by atoms with Gasteiger partial charge in [0.25, 0.3) is 11.5 Å². The molecular weight excluding hydrogens is 522 g/mol. The van der Waals surface area contributed by atoms with Crippen molar-refractivity contribution >= 4 is 16.8 Å². The normalized spacial score (nSPS) is 23.9. The van der Waals surface area contributed by atoms with Gasteiger partial charge in [-0.05, 0) is 110 Å².